The monoisotopic (exact) mass is 622 g/mol. The van der Waals surface area contributed by atoms with E-state index in [9.17, 15) is 8.42 Å². The van der Waals surface area contributed by atoms with E-state index in [1.54, 1.807) is 30.5 Å². The van der Waals surface area contributed by atoms with Crippen LogP contribution >= 0.6 is 39.1 Å². The van der Waals surface area contributed by atoms with E-state index in [4.69, 9.17) is 28.5 Å². The second-order valence-electron chi connectivity index (χ2n) is 9.00. The summed E-state index contributed by atoms with van der Waals surface area (Å²) in [5.41, 5.74) is 2.92. The van der Waals surface area contributed by atoms with Crippen LogP contribution in [-0.4, -0.2) is 48.7 Å². The third-order valence-electron chi connectivity index (χ3n) is 6.17. The Morgan fingerprint density at radius 2 is 1.92 bits per heavy atom. The van der Waals surface area contributed by atoms with Crippen molar-refractivity contribution >= 4 is 66.4 Å². The Hall–Kier alpha value is -2.42. The van der Waals surface area contributed by atoms with Crippen LogP contribution in [0, 0.1) is 18.3 Å². The van der Waals surface area contributed by atoms with E-state index in [2.05, 4.69) is 47.5 Å². The number of benzene rings is 2. The average molecular weight is 624 g/mol. The van der Waals surface area contributed by atoms with Gasteiger partial charge in [0, 0.05) is 43.2 Å². The van der Waals surface area contributed by atoms with Crippen molar-refractivity contribution in [1.29, 1.82) is 5.26 Å². The molecule has 12 heteroatoms. The third-order valence-corrected chi connectivity index (χ3v) is 8.51. The highest BCUT2D eigenvalue weighted by Gasteiger charge is 2.21. The first kappa shape index (κ1) is 27.6. The first-order valence-electron chi connectivity index (χ1n) is 11.5. The predicted octanol–water partition coefficient (Wildman–Crippen LogP) is 5.95. The number of rotatable bonds is 7. The molecule has 1 saturated heterocycles. The lowest BCUT2D eigenvalue weighted by atomic mass is 10.0. The normalized spacial score (nSPS) is 14.8. The molecule has 1 fully saturated rings. The number of nitriles is 1. The zero-order valence-corrected chi connectivity index (χ0v) is 24.1. The molecule has 0 spiro atoms. The molecular weight excluding hydrogens is 599 g/mol. The fraction of sp³-hybridized carbons (Fsp3) is 0.320. The van der Waals surface area contributed by atoms with Crippen LogP contribution in [0.4, 0.5) is 17.5 Å². The predicted molar refractivity (Wildman–Crippen MR) is 150 cm³/mol. The highest BCUT2D eigenvalue weighted by atomic mass is 79.9. The van der Waals surface area contributed by atoms with Crippen molar-refractivity contribution in [2.75, 3.05) is 30.0 Å². The van der Waals surface area contributed by atoms with Gasteiger partial charge in [-0.15, -0.1) is 0 Å². The molecule has 0 amide bonds. The van der Waals surface area contributed by atoms with Crippen LogP contribution in [0.2, 0.25) is 10.0 Å². The summed E-state index contributed by atoms with van der Waals surface area (Å²) in [6, 6.07) is 10.6. The summed E-state index contributed by atoms with van der Waals surface area (Å²) in [5.74, 6) is 1.07. The number of sulfone groups is 1. The van der Waals surface area contributed by atoms with Gasteiger partial charge in [-0.05, 0) is 71.1 Å². The molecule has 1 aliphatic heterocycles. The van der Waals surface area contributed by atoms with Crippen LogP contribution < -0.4 is 10.6 Å². The zero-order chi connectivity index (χ0) is 26.7. The van der Waals surface area contributed by atoms with Crippen molar-refractivity contribution in [3.05, 3.63) is 67.7 Å². The lowest BCUT2D eigenvalue weighted by Crippen LogP contribution is -2.39. The number of nitrogens with zero attached hydrogens (tertiary/aromatic N) is 4. The Morgan fingerprint density at radius 1 is 1.19 bits per heavy atom. The van der Waals surface area contributed by atoms with E-state index < -0.39 is 9.84 Å². The molecule has 2 heterocycles. The maximum atomic E-state index is 11.7. The lowest BCUT2D eigenvalue weighted by molar-refractivity contribution is 0.211. The third kappa shape index (κ3) is 6.92. The number of aryl methyl sites for hydroxylation is 1. The highest BCUT2D eigenvalue weighted by molar-refractivity contribution is 9.10. The van der Waals surface area contributed by atoms with E-state index in [-0.39, 0.29) is 10.9 Å². The molecule has 0 bridgehead atoms. The molecule has 2 aromatic carbocycles. The van der Waals surface area contributed by atoms with E-state index in [0.29, 0.717) is 44.1 Å². The summed E-state index contributed by atoms with van der Waals surface area (Å²) in [6.07, 6.45) is 4.64. The van der Waals surface area contributed by atoms with Gasteiger partial charge in [0.05, 0.1) is 31.7 Å². The van der Waals surface area contributed by atoms with Gasteiger partial charge < -0.3 is 10.6 Å². The molecule has 0 unspecified atom stereocenters. The topological polar surface area (TPSA) is 111 Å². The Morgan fingerprint density at radius 3 is 2.54 bits per heavy atom. The molecule has 1 aromatic heterocycles. The van der Waals surface area contributed by atoms with Crippen LogP contribution in [0.15, 0.2) is 45.9 Å². The fourth-order valence-corrected chi connectivity index (χ4v) is 5.71. The molecular formula is C25H25BrCl2N6O2S. The maximum absolute atomic E-state index is 11.7. The van der Waals surface area contributed by atoms with Gasteiger partial charge in [0.25, 0.3) is 0 Å². The van der Waals surface area contributed by atoms with Gasteiger partial charge in [0.1, 0.15) is 5.82 Å². The molecule has 8 nitrogen and oxygen atoms in total. The highest BCUT2D eigenvalue weighted by Crippen LogP contribution is 2.33. The fourth-order valence-electron chi connectivity index (χ4n) is 4.16. The minimum atomic E-state index is -3.29. The van der Waals surface area contributed by atoms with Gasteiger partial charge in [-0.3, -0.25) is 4.90 Å². The molecule has 1 aliphatic rings. The van der Waals surface area contributed by atoms with Crippen LogP contribution in [0.3, 0.4) is 0 Å². The van der Waals surface area contributed by atoms with Gasteiger partial charge in [-0.2, -0.15) is 10.2 Å². The van der Waals surface area contributed by atoms with Gasteiger partial charge in [-0.25, -0.2) is 13.4 Å². The smallest absolute Gasteiger partial charge is 0.224 e. The molecule has 4 rings (SSSR count). The second kappa shape index (κ2) is 11.5. The molecule has 194 valence electrons. The van der Waals surface area contributed by atoms with Crippen molar-refractivity contribution in [2.24, 2.45) is 0 Å². The quantitative estimate of drug-likeness (QED) is 0.332. The molecule has 0 atom stereocenters. The van der Waals surface area contributed by atoms with E-state index >= 15 is 0 Å². The van der Waals surface area contributed by atoms with Crippen molar-refractivity contribution < 1.29 is 8.42 Å². The zero-order valence-electron chi connectivity index (χ0n) is 20.2. The maximum Gasteiger partial charge on any atom is 0.224 e. The standard InChI is InChI=1S/C25H25BrCl2N6O2S/c1-15-9-16(12-29)10-22(28)23(15)32-24-20(26)13-30-25(33-24)31-18-5-7-34(8-6-18)14-17-3-4-19(11-21(17)27)37(2,35)36/h3-4,9-11,13,18H,5-8,14H2,1-2H3,(H2,30,31,32,33). The van der Waals surface area contributed by atoms with Crippen LogP contribution in [-0.2, 0) is 16.4 Å². The summed E-state index contributed by atoms with van der Waals surface area (Å²) in [7, 11) is -3.29. The lowest BCUT2D eigenvalue weighted by Gasteiger charge is -2.32. The number of hydrogen-bond acceptors (Lipinski definition) is 8. The van der Waals surface area contributed by atoms with Crippen molar-refractivity contribution in [3.8, 4) is 6.07 Å². The van der Waals surface area contributed by atoms with Crippen molar-refractivity contribution in [2.45, 2.75) is 37.2 Å². The van der Waals surface area contributed by atoms with Crippen molar-refractivity contribution in [3.63, 3.8) is 0 Å². The number of piperidine rings is 1. The van der Waals surface area contributed by atoms with Gasteiger partial charge in [0.2, 0.25) is 5.95 Å². The Kier molecular flexibility index (Phi) is 8.61. The van der Waals surface area contributed by atoms with Crippen LogP contribution in [0.5, 0.6) is 0 Å². The molecule has 0 aliphatic carbocycles. The molecule has 3 aromatic rings. The summed E-state index contributed by atoms with van der Waals surface area (Å²) in [6.45, 7) is 4.24. The molecule has 0 saturated carbocycles. The summed E-state index contributed by atoms with van der Waals surface area (Å²) >= 11 is 16.2. The van der Waals surface area contributed by atoms with E-state index in [1.165, 1.54) is 12.3 Å². The minimum absolute atomic E-state index is 0.202. The summed E-state index contributed by atoms with van der Waals surface area (Å²) < 4.78 is 24.2. The number of anilines is 3. The number of halogens is 3. The number of hydrogen-bond donors (Lipinski definition) is 2. The Bertz CT molecular complexity index is 1450. The Balaban J connectivity index is 1.37. The Labute approximate surface area is 235 Å². The van der Waals surface area contributed by atoms with E-state index in [0.717, 1.165) is 37.1 Å². The first-order chi connectivity index (χ1) is 17.5. The van der Waals surface area contributed by atoms with Gasteiger partial charge >= 0.3 is 0 Å². The van der Waals surface area contributed by atoms with Gasteiger partial charge in [-0.1, -0.05) is 29.3 Å². The number of aromatic nitrogens is 2. The SMILES string of the molecule is Cc1cc(C#N)cc(Cl)c1Nc1nc(NC2CCN(Cc3ccc(S(C)(=O)=O)cc3Cl)CC2)ncc1Br. The average Bonchev–Trinajstić information content (AvgIpc) is 2.84. The van der Waals surface area contributed by atoms with Gasteiger partial charge in [0.15, 0.2) is 9.84 Å². The molecule has 2 N–H and O–H groups in total. The minimum Gasteiger partial charge on any atom is -0.351 e. The largest absolute Gasteiger partial charge is 0.351 e. The molecule has 37 heavy (non-hydrogen) atoms. The van der Waals surface area contributed by atoms with Crippen molar-refractivity contribution in [1.82, 2.24) is 14.9 Å². The summed E-state index contributed by atoms with van der Waals surface area (Å²) in [4.78, 5) is 11.6. The first-order valence-corrected chi connectivity index (χ1v) is 14.9. The number of likely N-dealkylation sites (tertiary alicyclic amines) is 1. The number of nitrogens with one attached hydrogen (secondary N) is 2. The summed E-state index contributed by atoms with van der Waals surface area (Å²) in [5, 5.41) is 16.7. The molecule has 0 radical (unpaired) electrons. The van der Waals surface area contributed by atoms with E-state index in [1.807, 2.05) is 6.92 Å². The van der Waals surface area contributed by atoms with Crippen LogP contribution in [0.25, 0.3) is 0 Å². The second-order valence-corrected chi connectivity index (χ2v) is 12.7. The van der Waals surface area contributed by atoms with Crippen LogP contribution in [0.1, 0.15) is 29.5 Å².